The number of carbonyl (C=O) groups excluding carboxylic acids is 1. The molecular weight excluding hydrogens is 272 g/mol. The number of piperidine rings is 1. The molecule has 1 aliphatic rings. The van der Waals surface area contributed by atoms with Crippen molar-refractivity contribution < 1.29 is 4.79 Å². The second-order valence-corrected chi connectivity index (χ2v) is 5.38. The molecule has 3 nitrogen and oxygen atoms in total. The van der Waals surface area contributed by atoms with Gasteiger partial charge in [0.05, 0.1) is 6.42 Å². The molecule has 0 atom stereocenters. The van der Waals surface area contributed by atoms with Crippen LogP contribution in [0.2, 0.25) is 0 Å². The number of halogens is 1. The highest BCUT2D eigenvalue weighted by molar-refractivity contribution is 5.85. The van der Waals surface area contributed by atoms with Crippen molar-refractivity contribution >= 4 is 18.3 Å². The number of hydrogen-bond donors (Lipinski definition) is 1. The van der Waals surface area contributed by atoms with E-state index in [2.05, 4.69) is 5.32 Å². The Balaban J connectivity index is 0.00000200. The lowest BCUT2D eigenvalue weighted by atomic mass is 9.93. The molecule has 1 fully saturated rings. The summed E-state index contributed by atoms with van der Waals surface area (Å²) in [5, 5.41) is 3.20. The van der Waals surface area contributed by atoms with E-state index in [4.69, 9.17) is 0 Å². The van der Waals surface area contributed by atoms with Crippen LogP contribution in [0.3, 0.4) is 0 Å². The smallest absolute Gasteiger partial charge is 0.226 e. The molecule has 4 heteroatoms. The predicted octanol–water partition coefficient (Wildman–Crippen LogP) is 2.50. The Bertz CT molecular complexity index is 389. The van der Waals surface area contributed by atoms with Gasteiger partial charge in [0, 0.05) is 13.1 Å². The lowest BCUT2D eigenvalue weighted by Crippen LogP contribution is -2.39. The van der Waals surface area contributed by atoms with Crippen molar-refractivity contribution in [3.63, 3.8) is 0 Å². The van der Waals surface area contributed by atoms with Gasteiger partial charge in [0.1, 0.15) is 0 Å². The molecule has 1 aromatic rings. The summed E-state index contributed by atoms with van der Waals surface area (Å²) in [6.07, 6.45) is 4.09. The summed E-state index contributed by atoms with van der Waals surface area (Å²) in [5.41, 5.74) is 1.12. The van der Waals surface area contributed by atoms with Crippen molar-refractivity contribution in [1.29, 1.82) is 0 Å². The molecule has 1 aliphatic heterocycles. The number of nitrogens with zero attached hydrogens (tertiary/aromatic N) is 1. The summed E-state index contributed by atoms with van der Waals surface area (Å²) >= 11 is 0. The van der Waals surface area contributed by atoms with E-state index in [0.29, 0.717) is 6.42 Å². The normalized spacial score (nSPS) is 15.8. The Hall–Kier alpha value is -1.06. The van der Waals surface area contributed by atoms with Gasteiger partial charge in [-0.25, -0.2) is 0 Å². The van der Waals surface area contributed by atoms with Crippen molar-refractivity contribution in [3.05, 3.63) is 35.9 Å². The third kappa shape index (κ3) is 5.14. The van der Waals surface area contributed by atoms with Gasteiger partial charge in [-0.05, 0) is 44.3 Å². The van der Waals surface area contributed by atoms with Crippen LogP contribution in [-0.2, 0) is 11.2 Å². The fourth-order valence-electron chi connectivity index (χ4n) is 2.70. The second kappa shape index (κ2) is 8.98. The molecule has 0 aliphatic carbocycles. The van der Waals surface area contributed by atoms with Gasteiger partial charge in [0.25, 0.3) is 0 Å². The molecule has 1 aromatic carbocycles. The Morgan fingerprint density at radius 1 is 1.25 bits per heavy atom. The van der Waals surface area contributed by atoms with Crippen molar-refractivity contribution in [1.82, 2.24) is 10.2 Å². The molecule has 1 amide bonds. The summed E-state index contributed by atoms with van der Waals surface area (Å²) in [6.45, 7) is 2.95. The van der Waals surface area contributed by atoms with Crippen molar-refractivity contribution in [2.24, 2.45) is 5.92 Å². The summed E-state index contributed by atoms with van der Waals surface area (Å²) in [6, 6.07) is 10.0. The van der Waals surface area contributed by atoms with E-state index in [1.165, 1.54) is 6.42 Å². The van der Waals surface area contributed by atoms with Gasteiger partial charge >= 0.3 is 0 Å². The first-order valence-electron chi connectivity index (χ1n) is 7.26. The van der Waals surface area contributed by atoms with Gasteiger partial charge in [-0.3, -0.25) is 4.79 Å². The van der Waals surface area contributed by atoms with Gasteiger partial charge in [-0.15, -0.1) is 12.4 Å². The molecule has 0 spiro atoms. The quantitative estimate of drug-likeness (QED) is 0.905. The summed E-state index contributed by atoms with van der Waals surface area (Å²) in [4.78, 5) is 14.2. The Morgan fingerprint density at radius 3 is 2.50 bits per heavy atom. The van der Waals surface area contributed by atoms with Gasteiger partial charge in [0.2, 0.25) is 5.91 Å². The molecule has 1 N–H and O–H groups in total. The minimum absolute atomic E-state index is 0. The second-order valence-electron chi connectivity index (χ2n) is 5.38. The van der Waals surface area contributed by atoms with Gasteiger partial charge in [-0.1, -0.05) is 30.3 Å². The average Bonchev–Trinajstić information content (AvgIpc) is 2.46. The van der Waals surface area contributed by atoms with E-state index >= 15 is 0 Å². The zero-order valence-electron chi connectivity index (χ0n) is 12.2. The van der Waals surface area contributed by atoms with Crippen LogP contribution in [0.1, 0.15) is 24.8 Å². The lowest BCUT2D eigenvalue weighted by Gasteiger charge is -2.32. The third-order valence-electron chi connectivity index (χ3n) is 3.97. The number of nitrogens with one attached hydrogen (secondary N) is 1. The topological polar surface area (TPSA) is 32.3 Å². The van der Waals surface area contributed by atoms with E-state index in [1.807, 2.05) is 42.3 Å². The maximum Gasteiger partial charge on any atom is 0.226 e. The van der Waals surface area contributed by atoms with E-state index < -0.39 is 0 Å². The molecule has 0 unspecified atom stereocenters. The molecule has 20 heavy (non-hydrogen) atoms. The Morgan fingerprint density at radius 2 is 1.90 bits per heavy atom. The van der Waals surface area contributed by atoms with Crippen LogP contribution in [0.25, 0.3) is 0 Å². The summed E-state index contributed by atoms with van der Waals surface area (Å²) < 4.78 is 0. The van der Waals surface area contributed by atoms with Crippen LogP contribution in [0.4, 0.5) is 0 Å². The number of carbonyl (C=O) groups is 1. The predicted molar refractivity (Wildman–Crippen MR) is 85.2 cm³/mol. The molecule has 0 bridgehead atoms. The van der Waals surface area contributed by atoms with Crippen LogP contribution >= 0.6 is 12.4 Å². The first-order chi connectivity index (χ1) is 9.29. The Labute approximate surface area is 128 Å². The first kappa shape index (κ1) is 17.0. The average molecular weight is 297 g/mol. The maximum absolute atomic E-state index is 12.2. The van der Waals surface area contributed by atoms with Gasteiger partial charge in [-0.2, -0.15) is 0 Å². The first-order valence-corrected chi connectivity index (χ1v) is 7.26. The number of hydrogen-bond acceptors (Lipinski definition) is 2. The lowest BCUT2D eigenvalue weighted by molar-refractivity contribution is -0.131. The molecule has 1 heterocycles. The third-order valence-corrected chi connectivity index (χ3v) is 3.97. The monoisotopic (exact) mass is 296 g/mol. The van der Waals surface area contributed by atoms with E-state index in [-0.39, 0.29) is 18.3 Å². The molecule has 112 valence electrons. The zero-order chi connectivity index (χ0) is 13.5. The number of likely N-dealkylation sites (tertiary alicyclic amines) is 1. The van der Waals surface area contributed by atoms with Crippen molar-refractivity contribution in [3.8, 4) is 0 Å². The number of rotatable bonds is 5. The molecule has 1 saturated heterocycles. The van der Waals surface area contributed by atoms with Crippen LogP contribution < -0.4 is 5.32 Å². The van der Waals surface area contributed by atoms with E-state index in [0.717, 1.165) is 44.0 Å². The maximum atomic E-state index is 12.2. The van der Waals surface area contributed by atoms with Crippen LogP contribution in [-0.4, -0.2) is 37.5 Å². The standard InChI is InChI=1S/C16H24N2O.ClH/c1-17-10-7-14-8-11-18(12-9-14)16(19)13-15-5-3-2-4-6-15;/h2-6,14,17H,7-13H2,1H3;1H. The molecule has 0 saturated carbocycles. The van der Waals surface area contributed by atoms with Crippen molar-refractivity contribution in [2.45, 2.75) is 25.7 Å². The molecule has 2 rings (SSSR count). The fourth-order valence-corrected chi connectivity index (χ4v) is 2.70. The molecule has 0 radical (unpaired) electrons. The fraction of sp³-hybridized carbons (Fsp3) is 0.562. The van der Waals surface area contributed by atoms with Crippen molar-refractivity contribution in [2.75, 3.05) is 26.7 Å². The molecular formula is C16H25ClN2O. The number of benzene rings is 1. The van der Waals surface area contributed by atoms with Crippen LogP contribution in [0.5, 0.6) is 0 Å². The highest BCUT2D eigenvalue weighted by atomic mass is 35.5. The zero-order valence-corrected chi connectivity index (χ0v) is 13.0. The van der Waals surface area contributed by atoms with E-state index in [1.54, 1.807) is 0 Å². The highest BCUT2D eigenvalue weighted by Gasteiger charge is 2.22. The van der Waals surface area contributed by atoms with Crippen LogP contribution in [0, 0.1) is 5.92 Å². The highest BCUT2D eigenvalue weighted by Crippen LogP contribution is 2.20. The minimum Gasteiger partial charge on any atom is -0.342 e. The molecule has 0 aromatic heterocycles. The largest absolute Gasteiger partial charge is 0.342 e. The number of amides is 1. The summed E-state index contributed by atoms with van der Waals surface area (Å²) in [5.74, 6) is 1.06. The minimum atomic E-state index is 0. The summed E-state index contributed by atoms with van der Waals surface area (Å²) in [7, 11) is 2.00. The Kier molecular flexibility index (Phi) is 7.63. The van der Waals surface area contributed by atoms with E-state index in [9.17, 15) is 4.79 Å². The SMILES string of the molecule is CNCCC1CCN(C(=O)Cc2ccccc2)CC1.Cl. The van der Waals surface area contributed by atoms with Gasteiger partial charge in [0.15, 0.2) is 0 Å². The van der Waals surface area contributed by atoms with Crippen LogP contribution in [0.15, 0.2) is 30.3 Å². The van der Waals surface area contributed by atoms with Gasteiger partial charge < -0.3 is 10.2 Å².